The summed E-state index contributed by atoms with van der Waals surface area (Å²) in [6, 6.07) is 9.09. The number of rotatable bonds is 5. The van der Waals surface area contributed by atoms with Gasteiger partial charge in [-0.3, -0.25) is 4.79 Å². The van der Waals surface area contributed by atoms with E-state index in [1.54, 1.807) is 4.68 Å². The lowest BCUT2D eigenvalue weighted by Crippen LogP contribution is -2.15. The van der Waals surface area contributed by atoms with E-state index in [1.165, 1.54) is 6.07 Å². The lowest BCUT2D eigenvalue weighted by atomic mass is 10.1. The van der Waals surface area contributed by atoms with E-state index in [-0.39, 0.29) is 17.3 Å². The molecule has 0 saturated heterocycles. The molecule has 1 aromatic heterocycles. The van der Waals surface area contributed by atoms with Gasteiger partial charge in [-0.25, -0.2) is 8.78 Å². The van der Waals surface area contributed by atoms with Crippen LogP contribution in [0.4, 0.5) is 14.5 Å². The topological polar surface area (TPSA) is 72.7 Å². The molecular formula is C17H15F2N5OS. The molecule has 1 heterocycles. The minimum Gasteiger partial charge on any atom is -0.325 e. The summed E-state index contributed by atoms with van der Waals surface area (Å²) in [5, 5.41) is 14.5. The zero-order valence-corrected chi connectivity index (χ0v) is 14.8. The van der Waals surface area contributed by atoms with E-state index in [9.17, 15) is 13.6 Å². The van der Waals surface area contributed by atoms with Crippen LogP contribution < -0.4 is 5.32 Å². The Morgan fingerprint density at radius 1 is 1.12 bits per heavy atom. The van der Waals surface area contributed by atoms with Gasteiger partial charge in [-0.1, -0.05) is 17.8 Å². The number of halogens is 2. The van der Waals surface area contributed by atoms with Crippen LogP contribution in [-0.4, -0.2) is 31.9 Å². The molecule has 3 aromatic rings. The van der Waals surface area contributed by atoms with Crippen molar-refractivity contribution in [2.75, 3.05) is 11.1 Å². The van der Waals surface area contributed by atoms with Crippen molar-refractivity contribution in [3.63, 3.8) is 0 Å². The van der Waals surface area contributed by atoms with Gasteiger partial charge >= 0.3 is 0 Å². The monoisotopic (exact) mass is 375 g/mol. The second kappa shape index (κ2) is 7.61. The van der Waals surface area contributed by atoms with Crippen LogP contribution in [0.25, 0.3) is 5.69 Å². The van der Waals surface area contributed by atoms with Crippen molar-refractivity contribution in [2.24, 2.45) is 0 Å². The molecule has 0 unspecified atom stereocenters. The lowest BCUT2D eigenvalue weighted by molar-refractivity contribution is -0.113. The Hall–Kier alpha value is -2.81. The number of aromatic nitrogens is 4. The van der Waals surface area contributed by atoms with Gasteiger partial charge in [0.05, 0.1) is 11.4 Å². The van der Waals surface area contributed by atoms with E-state index < -0.39 is 11.6 Å². The molecule has 1 N–H and O–H groups in total. The van der Waals surface area contributed by atoms with Gasteiger partial charge in [-0.2, -0.15) is 4.68 Å². The Balaban J connectivity index is 1.68. The number of amides is 1. The Bertz CT molecular complexity index is 940. The molecule has 0 aliphatic heterocycles. The number of carbonyl (C=O) groups is 1. The molecule has 3 rings (SSSR count). The van der Waals surface area contributed by atoms with Gasteiger partial charge in [0.1, 0.15) is 0 Å². The molecular weight excluding hydrogens is 360 g/mol. The number of anilines is 1. The van der Waals surface area contributed by atoms with Gasteiger partial charge in [0.25, 0.3) is 0 Å². The summed E-state index contributed by atoms with van der Waals surface area (Å²) in [4.78, 5) is 12.0. The van der Waals surface area contributed by atoms with Crippen LogP contribution in [0.5, 0.6) is 0 Å². The van der Waals surface area contributed by atoms with Gasteiger partial charge in [-0.05, 0) is 59.7 Å². The van der Waals surface area contributed by atoms with Crippen molar-refractivity contribution < 1.29 is 13.6 Å². The fourth-order valence-corrected chi connectivity index (χ4v) is 3.10. The summed E-state index contributed by atoms with van der Waals surface area (Å²) in [5.74, 6) is -2.35. The maximum Gasteiger partial charge on any atom is 0.234 e. The van der Waals surface area contributed by atoms with Crippen molar-refractivity contribution >= 4 is 23.4 Å². The molecule has 6 nitrogen and oxygen atoms in total. The van der Waals surface area contributed by atoms with Crippen molar-refractivity contribution in [2.45, 2.75) is 19.0 Å². The van der Waals surface area contributed by atoms with Crippen LogP contribution in [0.15, 0.2) is 41.6 Å². The Morgan fingerprint density at radius 3 is 2.54 bits per heavy atom. The second-order valence-electron chi connectivity index (χ2n) is 5.68. The molecule has 2 aromatic carbocycles. The maximum atomic E-state index is 13.2. The molecule has 0 atom stereocenters. The molecule has 0 spiro atoms. The Kier molecular flexibility index (Phi) is 5.27. The Morgan fingerprint density at radius 2 is 1.85 bits per heavy atom. The molecule has 0 bridgehead atoms. The number of nitrogens with zero attached hydrogens (tertiary/aromatic N) is 4. The van der Waals surface area contributed by atoms with Crippen LogP contribution >= 0.6 is 11.8 Å². The number of hydrogen-bond donors (Lipinski definition) is 1. The molecule has 134 valence electrons. The highest BCUT2D eigenvalue weighted by atomic mass is 32.2. The zero-order valence-electron chi connectivity index (χ0n) is 14.0. The van der Waals surface area contributed by atoms with E-state index in [0.29, 0.717) is 5.16 Å². The summed E-state index contributed by atoms with van der Waals surface area (Å²) >= 11 is 1.14. The van der Waals surface area contributed by atoms with Gasteiger partial charge < -0.3 is 5.32 Å². The highest BCUT2D eigenvalue weighted by Crippen LogP contribution is 2.20. The van der Waals surface area contributed by atoms with Crippen molar-refractivity contribution in [3.05, 3.63) is 59.2 Å². The van der Waals surface area contributed by atoms with Crippen molar-refractivity contribution in [1.29, 1.82) is 0 Å². The molecule has 26 heavy (non-hydrogen) atoms. The number of thioether (sulfide) groups is 1. The Labute approximate surface area is 152 Å². The van der Waals surface area contributed by atoms with E-state index in [1.807, 2.05) is 32.0 Å². The summed E-state index contributed by atoms with van der Waals surface area (Å²) in [6.07, 6.45) is 0. The van der Waals surface area contributed by atoms with Crippen LogP contribution in [0.2, 0.25) is 0 Å². The predicted octanol–water partition coefficient (Wildman–Crippen LogP) is 3.29. The third kappa shape index (κ3) is 4.23. The van der Waals surface area contributed by atoms with Gasteiger partial charge in [0.2, 0.25) is 11.1 Å². The average molecular weight is 375 g/mol. The lowest BCUT2D eigenvalue weighted by Gasteiger charge is -2.07. The van der Waals surface area contributed by atoms with Gasteiger partial charge in [0, 0.05) is 11.8 Å². The SMILES string of the molecule is Cc1cc(C)cc(-n2nnnc2SCC(=O)Nc2ccc(F)c(F)c2)c1. The number of hydrogen-bond acceptors (Lipinski definition) is 5. The summed E-state index contributed by atoms with van der Waals surface area (Å²) in [6.45, 7) is 3.95. The van der Waals surface area contributed by atoms with Crippen LogP contribution in [0.1, 0.15) is 11.1 Å². The standard InChI is InChI=1S/C17H15F2N5OS/c1-10-5-11(2)7-13(6-10)24-17(21-22-23-24)26-9-16(25)20-12-3-4-14(18)15(19)8-12/h3-8H,9H2,1-2H3,(H,20,25). The van der Waals surface area contributed by atoms with E-state index >= 15 is 0 Å². The first-order chi connectivity index (χ1) is 12.4. The summed E-state index contributed by atoms with van der Waals surface area (Å²) < 4.78 is 27.6. The molecule has 0 radical (unpaired) electrons. The van der Waals surface area contributed by atoms with Crippen molar-refractivity contribution in [1.82, 2.24) is 20.2 Å². The fraction of sp³-hybridized carbons (Fsp3) is 0.176. The van der Waals surface area contributed by atoms with E-state index in [0.717, 1.165) is 40.7 Å². The first-order valence-electron chi connectivity index (χ1n) is 7.67. The summed E-state index contributed by atoms with van der Waals surface area (Å²) in [7, 11) is 0. The number of nitrogens with one attached hydrogen (secondary N) is 1. The molecule has 0 saturated carbocycles. The van der Waals surface area contributed by atoms with Crippen molar-refractivity contribution in [3.8, 4) is 5.69 Å². The molecule has 0 aliphatic rings. The van der Waals surface area contributed by atoms with Gasteiger partial charge in [-0.15, -0.1) is 5.10 Å². The molecule has 9 heteroatoms. The molecule has 0 fully saturated rings. The first kappa shape index (κ1) is 18.0. The normalized spacial score (nSPS) is 10.8. The summed E-state index contributed by atoms with van der Waals surface area (Å²) in [5.41, 5.74) is 3.13. The quantitative estimate of drug-likeness (QED) is 0.693. The predicted molar refractivity (Wildman–Crippen MR) is 94.3 cm³/mol. The number of carbonyl (C=O) groups excluding carboxylic acids is 1. The van der Waals surface area contributed by atoms with E-state index in [4.69, 9.17) is 0 Å². The highest BCUT2D eigenvalue weighted by molar-refractivity contribution is 7.99. The molecule has 0 aliphatic carbocycles. The molecule has 1 amide bonds. The largest absolute Gasteiger partial charge is 0.325 e. The van der Waals surface area contributed by atoms with Crippen LogP contribution in [0, 0.1) is 25.5 Å². The zero-order chi connectivity index (χ0) is 18.7. The third-order valence-electron chi connectivity index (χ3n) is 3.43. The first-order valence-corrected chi connectivity index (χ1v) is 8.65. The maximum absolute atomic E-state index is 13.2. The number of aryl methyl sites for hydroxylation is 2. The smallest absolute Gasteiger partial charge is 0.234 e. The number of benzene rings is 2. The van der Waals surface area contributed by atoms with Gasteiger partial charge in [0.15, 0.2) is 11.6 Å². The van der Waals surface area contributed by atoms with E-state index in [2.05, 4.69) is 20.8 Å². The highest BCUT2D eigenvalue weighted by Gasteiger charge is 2.13. The van der Waals surface area contributed by atoms with Crippen LogP contribution in [0.3, 0.4) is 0 Å². The minimum absolute atomic E-state index is 0.0180. The average Bonchev–Trinajstić information content (AvgIpc) is 3.04. The third-order valence-corrected chi connectivity index (χ3v) is 4.35. The minimum atomic E-state index is -1.02. The van der Waals surface area contributed by atoms with Crippen LogP contribution in [-0.2, 0) is 4.79 Å². The number of tetrazole rings is 1. The fourth-order valence-electron chi connectivity index (χ4n) is 2.40. The second-order valence-corrected chi connectivity index (χ2v) is 6.63.